The topological polar surface area (TPSA) is 59.1 Å². The number of hydrogen-bond acceptors (Lipinski definition) is 4. The highest BCUT2D eigenvalue weighted by molar-refractivity contribution is 5.89. The predicted octanol–water partition coefficient (Wildman–Crippen LogP) is 2.35. The summed E-state index contributed by atoms with van der Waals surface area (Å²) < 4.78 is 10.6. The fourth-order valence-corrected chi connectivity index (χ4v) is 4.10. The van der Waals surface area contributed by atoms with Crippen molar-refractivity contribution in [2.24, 2.45) is 11.8 Å². The van der Waals surface area contributed by atoms with Crippen LogP contribution in [0, 0.1) is 11.8 Å². The first kappa shape index (κ1) is 19.5. The molecular weight excluding hydrogens is 344 g/mol. The molecule has 6 nitrogen and oxygen atoms in total. The van der Waals surface area contributed by atoms with E-state index in [9.17, 15) is 9.59 Å². The third kappa shape index (κ3) is 4.54. The van der Waals surface area contributed by atoms with E-state index < -0.39 is 0 Å². The van der Waals surface area contributed by atoms with Crippen molar-refractivity contribution in [2.75, 3.05) is 40.4 Å². The second kappa shape index (κ2) is 8.63. The number of ether oxygens (including phenoxy) is 2. The van der Waals surface area contributed by atoms with Gasteiger partial charge >= 0.3 is 0 Å². The molecule has 2 saturated heterocycles. The largest absolute Gasteiger partial charge is 0.493 e. The molecule has 2 fully saturated rings. The normalized spacial score (nSPS) is 22.9. The van der Waals surface area contributed by atoms with Crippen molar-refractivity contribution in [2.45, 2.75) is 32.6 Å². The first-order valence-electron chi connectivity index (χ1n) is 9.79. The van der Waals surface area contributed by atoms with E-state index >= 15 is 0 Å². The van der Waals surface area contributed by atoms with Gasteiger partial charge in [0.15, 0.2) is 11.5 Å². The Balaban J connectivity index is 1.56. The van der Waals surface area contributed by atoms with Crippen molar-refractivity contribution in [3.05, 3.63) is 23.8 Å². The summed E-state index contributed by atoms with van der Waals surface area (Å²) in [6.45, 7) is 5.01. The zero-order valence-corrected chi connectivity index (χ0v) is 16.6. The van der Waals surface area contributed by atoms with Gasteiger partial charge in [-0.05, 0) is 42.9 Å². The Morgan fingerprint density at radius 2 is 1.96 bits per heavy atom. The average molecular weight is 374 g/mol. The van der Waals surface area contributed by atoms with Gasteiger partial charge in [-0.15, -0.1) is 0 Å². The molecular formula is C21H30N2O4. The van der Waals surface area contributed by atoms with Crippen LogP contribution in [0.25, 0.3) is 0 Å². The molecule has 1 aromatic rings. The summed E-state index contributed by atoms with van der Waals surface area (Å²) in [5, 5.41) is 0. The molecule has 0 saturated carbocycles. The lowest BCUT2D eigenvalue weighted by atomic mass is 9.98. The van der Waals surface area contributed by atoms with Gasteiger partial charge in [-0.1, -0.05) is 13.0 Å². The van der Waals surface area contributed by atoms with Crippen LogP contribution in [0.1, 0.15) is 31.7 Å². The maximum Gasteiger partial charge on any atom is 0.228 e. The number of benzene rings is 1. The number of rotatable bonds is 6. The first-order valence-corrected chi connectivity index (χ1v) is 9.79. The Morgan fingerprint density at radius 3 is 2.67 bits per heavy atom. The van der Waals surface area contributed by atoms with Crippen molar-refractivity contribution < 1.29 is 19.1 Å². The van der Waals surface area contributed by atoms with Crippen molar-refractivity contribution in [1.82, 2.24) is 9.80 Å². The van der Waals surface area contributed by atoms with Crippen LogP contribution in [0.2, 0.25) is 0 Å². The number of nitrogens with zero attached hydrogens (tertiary/aromatic N) is 2. The summed E-state index contributed by atoms with van der Waals surface area (Å²) in [6.07, 6.45) is 3.32. The lowest BCUT2D eigenvalue weighted by molar-refractivity contribution is -0.137. The molecule has 2 heterocycles. The fraction of sp³-hybridized carbons (Fsp3) is 0.619. The van der Waals surface area contributed by atoms with Crippen LogP contribution < -0.4 is 9.47 Å². The summed E-state index contributed by atoms with van der Waals surface area (Å²) in [5.41, 5.74) is 1.08. The Morgan fingerprint density at radius 1 is 1.19 bits per heavy atom. The highest BCUT2D eigenvalue weighted by Crippen LogP contribution is 2.28. The Hall–Kier alpha value is -2.24. The smallest absolute Gasteiger partial charge is 0.228 e. The number of hydrogen-bond donors (Lipinski definition) is 0. The number of carbonyl (C=O) groups is 2. The maximum atomic E-state index is 12.8. The number of amides is 2. The van der Waals surface area contributed by atoms with Gasteiger partial charge in [-0.2, -0.15) is 0 Å². The van der Waals surface area contributed by atoms with Crippen LogP contribution in [0.5, 0.6) is 11.5 Å². The Labute approximate surface area is 161 Å². The number of piperidine rings is 1. The van der Waals surface area contributed by atoms with Gasteiger partial charge in [-0.3, -0.25) is 9.59 Å². The van der Waals surface area contributed by atoms with Gasteiger partial charge in [0.05, 0.1) is 20.1 Å². The molecule has 0 bridgehead atoms. The Bertz CT molecular complexity index is 691. The maximum absolute atomic E-state index is 12.8. The van der Waals surface area contributed by atoms with E-state index in [1.54, 1.807) is 14.2 Å². The van der Waals surface area contributed by atoms with Gasteiger partial charge < -0.3 is 19.3 Å². The van der Waals surface area contributed by atoms with E-state index in [4.69, 9.17) is 9.47 Å². The average Bonchev–Trinajstić information content (AvgIpc) is 3.06. The van der Waals surface area contributed by atoms with Crippen molar-refractivity contribution in [3.8, 4) is 11.5 Å². The minimum Gasteiger partial charge on any atom is -0.493 e. The molecule has 2 atom stereocenters. The molecule has 0 aliphatic carbocycles. The third-order valence-corrected chi connectivity index (χ3v) is 5.65. The third-order valence-electron chi connectivity index (χ3n) is 5.65. The van der Waals surface area contributed by atoms with Gasteiger partial charge in [0.2, 0.25) is 11.8 Å². The summed E-state index contributed by atoms with van der Waals surface area (Å²) in [4.78, 5) is 29.0. The van der Waals surface area contributed by atoms with E-state index in [0.29, 0.717) is 36.9 Å². The van der Waals surface area contributed by atoms with Crippen LogP contribution in [0.4, 0.5) is 0 Å². The lowest BCUT2D eigenvalue weighted by Gasteiger charge is -2.32. The summed E-state index contributed by atoms with van der Waals surface area (Å²) >= 11 is 0. The summed E-state index contributed by atoms with van der Waals surface area (Å²) in [5.74, 6) is 1.99. The highest BCUT2D eigenvalue weighted by atomic mass is 16.5. The molecule has 2 aliphatic rings. The van der Waals surface area contributed by atoms with E-state index in [0.717, 1.165) is 31.5 Å². The van der Waals surface area contributed by atoms with Gasteiger partial charge in [0, 0.05) is 32.6 Å². The van der Waals surface area contributed by atoms with Crippen molar-refractivity contribution >= 4 is 11.8 Å². The van der Waals surface area contributed by atoms with Crippen LogP contribution in [-0.4, -0.2) is 62.0 Å². The molecule has 3 rings (SSSR count). The minimum absolute atomic E-state index is 0.0823. The second-order valence-electron chi connectivity index (χ2n) is 7.71. The SMILES string of the molecule is COc1ccc(CCN2CC(C(=O)N3CCCC(C)C3)CC2=O)cc1OC. The zero-order valence-electron chi connectivity index (χ0n) is 16.6. The van der Waals surface area contributed by atoms with Gasteiger partial charge in [-0.25, -0.2) is 0 Å². The molecule has 1 aromatic carbocycles. The van der Waals surface area contributed by atoms with Gasteiger partial charge in [0.25, 0.3) is 0 Å². The summed E-state index contributed by atoms with van der Waals surface area (Å²) in [7, 11) is 3.23. The van der Waals surface area contributed by atoms with E-state index in [2.05, 4.69) is 6.92 Å². The number of methoxy groups -OCH3 is 2. The lowest BCUT2D eigenvalue weighted by Crippen LogP contribution is -2.43. The van der Waals surface area contributed by atoms with Crippen molar-refractivity contribution in [1.29, 1.82) is 0 Å². The molecule has 27 heavy (non-hydrogen) atoms. The van der Waals surface area contributed by atoms with E-state index in [1.165, 1.54) is 6.42 Å². The fourth-order valence-electron chi connectivity index (χ4n) is 4.10. The molecule has 6 heteroatoms. The quantitative estimate of drug-likeness (QED) is 0.767. The molecule has 2 amide bonds. The van der Waals surface area contributed by atoms with Crippen LogP contribution in [0.3, 0.4) is 0 Å². The summed E-state index contributed by atoms with van der Waals surface area (Å²) in [6, 6.07) is 5.81. The number of likely N-dealkylation sites (tertiary alicyclic amines) is 2. The highest BCUT2D eigenvalue weighted by Gasteiger charge is 2.37. The minimum atomic E-state index is -0.187. The van der Waals surface area contributed by atoms with Crippen molar-refractivity contribution in [3.63, 3.8) is 0 Å². The standard InChI is InChI=1S/C21H30N2O4/c1-15-5-4-9-23(13-15)21(25)17-12-20(24)22(14-17)10-8-16-6-7-18(26-2)19(11-16)27-3/h6-7,11,15,17H,4-5,8-10,12-14H2,1-3H3. The predicted molar refractivity (Wildman–Crippen MR) is 103 cm³/mol. The molecule has 2 aliphatic heterocycles. The van der Waals surface area contributed by atoms with Crippen LogP contribution in [-0.2, 0) is 16.0 Å². The molecule has 2 unspecified atom stereocenters. The first-order chi connectivity index (χ1) is 13.0. The van der Waals surface area contributed by atoms with Crippen LogP contribution >= 0.6 is 0 Å². The van der Waals surface area contributed by atoms with E-state index in [1.807, 2.05) is 28.0 Å². The van der Waals surface area contributed by atoms with Gasteiger partial charge in [0.1, 0.15) is 0 Å². The van der Waals surface area contributed by atoms with Crippen LogP contribution in [0.15, 0.2) is 18.2 Å². The Kier molecular flexibility index (Phi) is 6.24. The molecule has 148 valence electrons. The second-order valence-corrected chi connectivity index (χ2v) is 7.71. The monoisotopic (exact) mass is 374 g/mol. The molecule has 0 spiro atoms. The molecule has 0 radical (unpaired) electrons. The molecule has 0 aromatic heterocycles. The zero-order chi connectivity index (χ0) is 19.4. The van der Waals surface area contributed by atoms with E-state index in [-0.39, 0.29) is 17.7 Å². The number of carbonyl (C=O) groups excluding carboxylic acids is 2. The molecule has 0 N–H and O–H groups in total.